The van der Waals surface area contributed by atoms with Crippen LogP contribution in [0.1, 0.15) is 25.7 Å². The van der Waals surface area contributed by atoms with Crippen LogP contribution in [0.3, 0.4) is 0 Å². The second-order valence-corrected chi connectivity index (χ2v) is 8.24. The summed E-state index contributed by atoms with van der Waals surface area (Å²) in [4.78, 5) is 29.3. The van der Waals surface area contributed by atoms with E-state index in [1.807, 2.05) is 36.5 Å². The van der Waals surface area contributed by atoms with Crippen LogP contribution < -0.4 is 5.32 Å². The van der Waals surface area contributed by atoms with Gasteiger partial charge in [0.25, 0.3) is 0 Å². The summed E-state index contributed by atoms with van der Waals surface area (Å²) in [5.41, 5.74) is 6.53. The van der Waals surface area contributed by atoms with E-state index in [-0.39, 0.29) is 11.8 Å². The maximum atomic E-state index is 12.5. The Morgan fingerprint density at radius 3 is 2.78 bits per heavy atom. The van der Waals surface area contributed by atoms with E-state index in [2.05, 4.69) is 30.5 Å². The third-order valence-corrected chi connectivity index (χ3v) is 6.11. The van der Waals surface area contributed by atoms with Crippen molar-refractivity contribution < 1.29 is 4.79 Å². The summed E-state index contributed by atoms with van der Waals surface area (Å²) < 4.78 is 0. The van der Waals surface area contributed by atoms with Crippen LogP contribution in [0.2, 0.25) is 0 Å². The fraction of sp³-hybridized carbons (Fsp3) is 0.208. The number of amides is 1. The quantitative estimate of drug-likeness (QED) is 0.388. The molecule has 5 aromatic heterocycles. The first-order valence-electron chi connectivity index (χ1n) is 10.8. The highest BCUT2D eigenvalue weighted by Crippen LogP contribution is 2.30. The van der Waals surface area contributed by atoms with Gasteiger partial charge in [-0.05, 0) is 43.2 Å². The van der Waals surface area contributed by atoms with Gasteiger partial charge in [-0.25, -0.2) is 4.98 Å². The average Bonchev–Trinajstić information content (AvgIpc) is 3.58. The van der Waals surface area contributed by atoms with Crippen LogP contribution in [-0.2, 0) is 4.79 Å². The molecule has 0 radical (unpaired) electrons. The largest absolute Gasteiger partial charge is 0.353 e. The maximum absolute atomic E-state index is 12.5. The molecule has 0 saturated heterocycles. The number of carbonyl (C=O) groups excluding carboxylic acids is 1. The molecule has 0 unspecified atom stereocenters. The van der Waals surface area contributed by atoms with Crippen LogP contribution in [0.4, 0.5) is 5.69 Å². The van der Waals surface area contributed by atoms with Gasteiger partial charge in [0.1, 0.15) is 11.2 Å². The zero-order valence-corrected chi connectivity index (χ0v) is 17.3. The van der Waals surface area contributed by atoms with Crippen LogP contribution in [0.15, 0.2) is 55.1 Å². The van der Waals surface area contributed by atoms with E-state index in [1.54, 1.807) is 18.6 Å². The molecule has 0 aliphatic heterocycles. The molecule has 8 heteroatoms. The molecule has 0 aromatic carbocycles. The number of rotatable bonds is 4. The minimum absolute atomic E-state index is 0.0790. The van der Waals surface area contributed by atoms with E-state index < -0.39 is 0 Å². The number of hydrogen-bond donors (Lipinski definition) is 3. The average molecular weight is 423 g/mol. The second-order valence-electron chi connectivity index (χ2n) is 8.24. The van der Waals surface area contributed by atoms with Crippen molar-refractivity contribution in [2.24, 2.45) is 5.92 Å². The lowest BCUT2D eigenvalue weighted by Gasteiger charge is -2.11. The molecule has 0 spiro atoms. The molecule has 6 rings (SSSR count). The first-order valence-corrected chi connectivity index (χ1v) is 10.8. The first kappa shape index (κ1) is 18.7. The standard InChI is InChI=1S/C24H21N7O/c32-24(14-3-1-2-4-14)27-17-9-15(12-26-13-17)18-5-6-20-22(29-18)23(31-30-20)21-10-16-11-25-8-7-19(16)28-21/h5-14,28H,1-4H2,(H,27,32)(H,30,31). The van der Waals surface area contributed by atoms with Crippen LogP contribution in [0.25, 0.3) is 44.6 Å². The van der Waals surface area contributed by atoms with Gasteiger partial charge < -0.3 is 10.3 Å². The Labute approximate surface area is 183 Å². The molecule has 158 valence electrons. The summed E-state index contributed by atoms with van der Waals surface area (Å²) in [6.45, 7) is 0. The smallest absolute Gasteiger partial charge is 0.227 e. The second kappa shape index (κ2) is 7.56. The zero-order valence-electron chi connectivity index (χ0n) is 17.3. The lowest BCUT2D eigenvalue weighted by molar-refractivity contribution is -0.119. The first-order chi connectivity index (χ1) is 15.7. The lowest BCUT2D eigenvalue weighted by Crippen LogP contribution is -2.20. The number of anilines is 1. The van der Waals surface area contributed by atoms with Gasteiger partial charge in [0.05, 0.1) is 28.8 Å². The SMILES string of the molecule is O=C(Nc1cncc(-c2ccc3[nH]nc(-c4cc5cnccc5[nH]4)c3n2)c1)C1CCCC1. The lowest BCUT2D eigenvalue weighted by atomic mass is 10.1. The molecule has 1 fully saturated rings. The minimum atomic E-state index is 0.0790. The summed E-state index contributed by atoms with van der Waals surface area (Å²) in [5, 5.41) is 11.6. The summed E-state index contributed by atoms with van der Waals surface area (Å²) in [6.07, 6.45) is 11.2. The number of aromatic nitrogens is 6. The number of nitrogens with one attached hydrogen (secondary N) is 3. The van der Waals surface area contributed by atoms with Gasteiger partial charge in [-0.1, -0.05) is 12.8 Å². The highest BCUT2D eigenvalue weighted by atomic mass is 16.1. The Bertz CT molecular complexity index is 1410. The van der Waals surface area contributed by atoms with E-state index in [0.717, 1.165) is 70.3 Å². The van der Waals surface area contributed by atoms with Crippen LogP contribution in [0, 0.1) is 5.92 Å². The van der Waals surface area contributed by atoms with Gasteiger partial charge in [-0.2, -0.15) is 5.10 Å². The maximum Gasteiger partial charge on any atom is 0.227 e. The minimum Gasteiger partial charge on any atom is -0.353 e. The van der Waals surface area contributed by atoms with Gasteiger partial charge in [0.15, 0.2) is 0 Å². The van der Waals surface area contributed by atoms with Crippen molar-refractivity contribution in [1.82, 2.24) is 30.1 Å². The van der Waals surface area contributed by atoms with E-state index in [9.17, 15) is 4.79 Å². The number of aromatic amines is 2. The molecule has 5 aromatic rings. The summed E-state index contributed by atoms with van der Waals surface area (Å²) in [5.74, 6) is 0.184. The van der Waals surface area contributed by atoms with Crippen molar-refractivity contribution in [3.63, 3.8) is 0 Å². The van der Waals surface area contributed by atoms with E-state index >= 15 is 0 Å². The van der Waals surface area contributed by atoms with Gasteiger partial charge in [0, 0.05) is 41.0 Å². The number of hydrogen-bond acceptors (Lipinski definition) is 5. The molecule has 1 aliphatic carbocycles. The van der Waals surface area contributed by atoms with Gasteiger partial charge >= 0.3 is 0 Å². The fourth-order valence-corrected chi connectivity index (χ4v) is 4.43. The monoisotopic (exact) mass is 423 g/mol. The topological polar surface area (TPSA) is 112 Å². The molecule has 3 N–H and O–H groups in total. The van der Waals surface area contributed by atoms with Crippen molar-refractivity contribution in [2.45, 2.75) is 25.7 Å². The predicted octanol–water partition coefficient (Wildman–Crippen LogP) is 4.69. The summed E-state index contributed by atoms with van der Waals surface area (Å²) in [7, 11) is 0. The highest BCUT2D eigenvalue weighted by molar-refractivity contribution is 5.95. The number of carbonyl (C=O) groups is 1. The van der Waals surface area contributed by atoms with Crippen molar-refractivity contribution in [3.05, 3.63) is 55.1 Å². The highest BCUT2D eigenvalue weighted by Gasteiger charge is 2.22. The molecule has 8 nitrogen and oxygen atoms in total. The molecule has 1 saturated carbocycles. The molecular formula is C24H21N7O. The van der Waals surface area contributed by atoms with E-state index in [1.165, 1.54) is 0 Å². The molecule has 0 atom stereocenters. The Hall–Kier alpha value is -4.07. The van der Waals surface area contributed by atoms with Gasteiger partial charge in [-0.3, -0.25) is 19.9 Å². The van der Waals surface area contributed by atoms with Crippen LogP contribution >= 0.6 is 0 Å². The Kier molecular flexibility index (Phi) is 4.41. The number of nitrogens with zero attached hydrogens (tertiary/aromatic N) is 4. The van der Waals surface area contributed by atoms with Crippen molar-refractivity contribution in [2.75, 3.05) is 5.32 Å². The summed E-state index contributed by atoms with van der Waals surface area (Å²) in [6, 6.07) is 9.76. The Morgan fingerprint density at radius 2 is 1.91 bits per heavy atom. The Morgan fingerprint density at radius 1 is 1.00 bits per heavy atom. The molecule has 1 amide bonds. The molecule has 0 bridgehead atoms. The van der Waals surface area contributed by atoms with Gasteiger partial charge in [0.2, 0.25) is 5.91 Å². The molecule has 32 heavy (non-hydrogen) atoms. The number of pyridine rings is 3. The molecule has 1 aliphatic rings. The summed E-state index contributed by atoms with van der Waals surface area (Å²) >= 11 is 0. The number of fused-ring (bicyclic) bond motifs is 2. The fourth-order valence-electron chi connectivity index (χ4n) is 4.43. The van der Waals surface area contributed by atoms with Crippen LogP contribution in [0.5, 0.6) is 0 Å². The zero-order chi connectivity index (χ0) is 21.5. The molecular weight excluding hydrogens is 402 g/mol. The third kappa shape index (κ3) is 3.30. The van der Waals surface area contributed by atoms with Crippen molar-refractivity contribution in [1.29, 1.82) is 0 Å². The number of H-pyrrole nitrogens is 2. The van der Waals surface area contributed by atoms with Gasteiger partial charge in [-0.15, -0.1) is 0 Å². The Balaban J connectivity index is 1.35. The van der Waals surface area contributed by atoms with Crippen LogP contribution in [-0.4, -0.2) is 36.0 Å². The van der Waals surface area contributed by atoms with Crippen molar-refractivity contribution in [3.8, 4) is 22.6 Å². The van der Waals surface area contributed by atoms with E-state index in [0.29, 0.717) is 5.69 Å². The molecule has 5 heterocycles. The predicted molar refractivity (Wildman–Crippen MR) is 123 cm³/mol. The third-order valence-electron chi connectivity index (χ3n) is 6.11. The normalized spacial score (nSPS) is 14.4. The van der Waals surface area contributed by atoms with E-state index in [4.69, 9.17) is 4.98 Å². The van der Waals surface area contributed by atoms with Crippen molar-refractivity contribution >= 4 is 33.5 Å².